The van der Waals surface area contributed by atoms with Crippen molar-refractivity contribution in [3.63, 3.8) is 0 Å². The number of aliphatic imine (C=N–C) groups is 2. The van der Waals surface area contributed by atoms with Gasteiger partial charge in [0.15, 0.2) is 0 Å². The summed E-state index contributed by atoms with van der Waals surface area (Å²) >= 11 is 0. The first-order valence-electron chi connectivity index (χ1n) is 12.7. The Hall–Kier alpha value is -2.61. The molecule has 190 valence electrons. The van der Waals surface area contributed by atoms with Gasteiger partial charge in [-0.05, 0) is 51.5 Å². The van der Waals surface area contributed by atoms with Crippen LogP contribution < -0.4 is 10.6 Å². The number of nitriles is 1. The molecule has 1 aromatic rings. The monoisotopic (exact) mass is 483 g/mol. The lowest BCUT2D eigenvalue weighted by Gasteiger charge is -2.31. The fourth-order valence-corrected chi connectivity index (χ4v) is 4.86. The Labute approximate surface area is 207 Å². The van der Waals surface area contributed by atoms with Crippen molar-refractivity contribution in [2.45, 2.75) is 70.0 Å². The highest BCUT2D eigenvalue weighted by atomic mass is 16.5. The lowest BCUT2D eigenvalue weighted by molar-refractivity contribution is 0.0163. The lowest BCUT2D eigenvalue weighted by Crippen LogP contribution is -2.43. The molecule has 0 radical (unpaired) electrons. The molecule has 0 amide bonds. The van der Waals surface area contributed by atoms with Gasteiger partial charge in [-0.2, -0.15) is 10.3 Å². The number of anilines is 1. The molecule has 1 aliphatic carbocycles. The second-order valence-electron chi connectivity index (χ2n) is 9.75. The number of hydrogen-bond donors (Lipinski definition) is 2. The summed E-state index contributed by atoms with van der Waals surface area (Å²) in [4.78, 5) is 18.2. The molecule has 1 unspecified atom stereocenters. The molecule has 0 bridgehead atoms. The molecule has 3 aliphatic rings. The number of amidine groups is 1. The van der Waals surface area contributed by atoms with Crippen LogP contribution in [-0.4, -0.2) is 79.9 Å². The molecule has 1 saturated carbocycles. The third kappa shape index (κ3) is 7.19. The number of rotatable bonds is 9. The lowest BCUT2D eigenvalue weighted by atomic mass is 9.83. The summed E-state index contributed by atoms with van der Waals surface area (Å²) in [5.41, 5.74) is 1.08. The fourth-order valence-electron chi connectivity index (χ4n) is 4.86. The molecule has 2 fully saturated rings. The maximum atomic E-state index is 9.65. The number of ether oxygens (including phenoxy) is 3. The van der Waals surface area contributed by atoms with E-state index >= 15 is 0 Å². The van der Waals surface area contributed by atoms with E-state index in [9.17, 15) is 5.26 Å². The second-order valence-corrected chi connectivity index (χ2v) is 9.75. The maximum Gasteiger partial charge on any atom is 0.311 e. The van der Waals surface area contributed by atoms with Crippen molar-refractivity contribution in [2.75, 3.05) is 45.4 Å². The van der Waals surface area contributed by atoms with Crippen molar-refractivity contribution in [2.24, 2.45) is 15.4 Å². The normalized spacial score (nSPS) is 25.1. The summed E-state index contributed by atoms with van der Waals surface area (Å²) in [6.45, 7) is 4.92. The minimum absolute atomic E-state index is 0.279. The molecule has 4 rings (SSSR count). The Morgan fingerprint density at radius 1 is 1.23 bits per heavy atom. The van der Waals surface area contributed by atoms with Crippen LogP contribution in [0.1, 0.15) is 57.6 Å². The van der Waals surface area contributed by atoms with E-state index in [1.807, 2.05) is 6.07 Å². The summed E-state index contributed by atoms with van der Waals surface area (Å²) in [6.07, 6.45) is 8.17. The first kappa shape index (κ1) is 25.5. The third-order valence-electron chi connectivity index (χ3n) is 6.94. The van der Waals surface area contributed by atoms with E-state index in [4.69, 9.17) is 19.2 Å². The number of nitrogens with zero attached hydrogens (tertiary/aromatic N) is 5. The molecule has 10 nitrogen and oxygen atoms in total. The van der Waals surface area contributed by atoms with Gasteiger partial charge in [-0.1, -0.05) is 0 Å². The summed E-state index contributed by atoms with van der Waals surface area (Å²) in [5, 5.41) is 16.8. The number of methoxy groups -OCH3 is 1. The largest absolute Gasteiger partial charge is 0.462 e. The highest BCUT2D eigenvalue weighted by molar-refractivity contribution is 6.06. The molecule has 10 heteroatoms. The molecule has 2 aliphatic heterocycles. The average Bonchev–Trinajstić information content (AvgIpc) is 2.90. The van der Waals surface area contributed by atoms with Crippen molar-refractivity contribution in [1.29, 1.82) is 5.26 Å². The topological polar surface area (TPSA) is 126 Å². The van der Waals surface area contributed by atoms with Crippen LogP contribution in [0.5, 0.6) is 0 Å². The molecule has 0 spiro atoms. The highest BCUT2D eigenvalue weighted by Crippen LogP contribution is 2.30. The molecule has 1 atom stereocenters. The summed E-state index contributed by atoms with van der Waals surface area (Å²) in [5.74, 6) is 0.630. The van der Waals surface area contributed by atoms with E-state index in [1.54, 1.807) is 13.3 Å². The molecular formula is C25H37N7O3. The van der Waals surface area contributed by atoms with E-state index in [2.05, 4.69) is 38.6 Å². The number of nitrogens with one attached hydrogen (secondary N) is 2. The average molecular weight is 484 g/mol. The van der Waals surface area contributed by atoms with E-state index < -0.39 is 5.41 Å². The smallest absolute Gasteiger partial charge is 0.311 e. The van der Waals surface area contributed by atoms with Crippen molar-refractivity contribution in [1.82, 2.24) is 15.3 Å². The highest BCUT2D eigenvalue weighted by Gasteiger charge is 2.34. The van der Waals surface area contributed by atoms with Crippen LogP contribution in [0.15, 0.2) is 22.2 Å². The van der Waals surface area contributed by atoms with Crippen LogP contribution in [0.3, 0.4) is 0 Å². The Morgan fingerprint density at radius 2 is 2.00 bits per heavy atom. The predicted octanol–water partition coefficient (Wildman–Crippen LogP) is 2.71. The zero-order chi connectivity index (χ0) is 24.5. The van der Waals surface area contributed by atoms with Gasteiger partial charge in [-0.25, -0.2) is 15.0 Å². The Bertz CT molecular complexity index is 931. The van der Waals surface area contributed by atoms with Gasteiger partial charge in [0, 0.05) is 51.1 Å². The molecule has 1 aromatic heterocycles. The van der Waals surface area contributed by atoms with Crippen molar-refractivity contribution in [3.05, 3.63) is 18.0 Å². The van der Waals surface area contributed by atoms with Gasteiger partial charge >= 0.3 is 6.02 Å². The summed E-state index contributed by atoms with van der Waals surface area (Å²) < 4.78 is 16.5. The summed E-state index contributed by atoms with van der Waals surface area (Å²) in [7, 11) is 1.74. The zero-order valence-corrected chi connectivity index (χ0v) is 20.8. The van der Waals surface area contributed by atoms with Gasteiger partial charge in [-0.3, -0.25) is 0 Å². The zero-order valence-electron chi connectivity index (χ0n) is 20.8. The minimum Gasteiger partial charge on any atom is -0.462 e. The van der Waals surface area contributed by atoms with E-state index in [-0.39, 0.29) is 6.61 Å². The SMILES string of the molecule is COCC(C)NC1CCC(Nc2nccc(C3=NC(OCC4(C#N)CCOCC4)=NCC3)n2)CC1. The second kappa shape index (κ2) is 12.4. The van der Waals surface area contributed by atoms with Gasteiger partial charge in [0.1, 0.15) is 6.61 Å². The predicted molar refractivity (Wildman–Crippen MR) is 134 cm³/mol. The maximum absolute atomic E-state index is 9.65. The van der Waals surface area contributed by atoms with Gasteiger partial charge < -0.3 is 24.8 Å². The van der Waals surface area contributed by atoms with E-state index in [0.717, 1.165) is 43.7 Å². The van der Waals surface area contributed by atoms with Crippen LogP contribution in [0.4, 0.5) is 5.95 Å². The van der Waals surface area contributed by atoms with Gasteiger partial charge in [0.2, 0.25) is 5.95 Å². The summed E-state index contributed by atoms with van der Waals surface area (Å²) in [6, 6.07) is 5.87. The Morgan fingerprint density at radius 3 is 2.74 bits per heavy atom. The first-order chi connectivity index (χ1) is 17.1. The van der Waals surface area contributed by atoms with Gasteiger partial charge in [0.05, 0.1) is 36.0 Å². The quantitative estimate of drug-likeness (QED) is 0.549. The van der Waals surface area contributed by atoms with Crippen LogP contribution in [-0.2, 0) is 14.2 Å². The number of hydrogen-bond acceptors (Lipinski definition) is 10. The molecular weight excluding hydrogens is 446 g/mol. The van der Waals surface area contributed by atoms with Crippen molar-refractivity contribution < 1.29 is 14.2 Å². The van der Waals surface area contributed by atoms with E-state index in [1.165, 1.54) is 0 Å². The van der Waals surface area contributed by atoms with Crippen molar-refractivity contribution >= 4 is 17.7 Å². The molecule has 2 N–H and O–H groups in total. The Kier molecular flexibility index (Phi) is 9.01. The third-order valence-corrected chi connectivity index (χ3v) is 6.94. The standard InChI is InChI=1S/C25H37N7O3/c1-18(15-33-2)29-19-3-5-20(6-4-19)30-23-27-11-7-21(31-23)22-8-12-28-24(32-22)35-17-25(16-26)9-13-34-14-10-25/h7,11,18-20,29H,3-6,8-10,12-15,17H2,1-2H3,(H,27,30,31). The van der Waals surface area contributed by atoms with Gasteiger partial charge in [-0.15, -0.1) is 0 Å². The Balaban J connectivity index is 1.31. The molecule has 3 heterocycles. The van der Waals surface area contributed by atoms with Gasteiger partial charge in [0.25, 0.3) is 0 Å². The van der Waals surface area contributed by atoms with Crippen LogP contribution in [0, 0.1) is 16.7 Å². The van der Waals surface area contributed by atoms with Crippen LogP contribution in [0.2, 0.25) is 0 Å². The number of aromatic nitrogens is 2. The first-order valence-corrected chi connectivity index (χ1v) is 12.7. The fraction of sp³-hybridized carbons (Fsp3) is 0.720. The molecule has 1 saturated heterocycles. The molecule has 0 aromatic carbocycles. The van der Waals surface area contributed by atoms with E-state index in [0.29, 0.717) is 69.1 Å². The van der Waals surface area contributed by atoms with Crippen LogP contribution in [0.25, 0.3) is 0 Å². The molecule has 35 heavy (non-hydrogen) atoms. The minimum atomic E-state index is -0.531. The van der Waals surface area contributed by atoms with Crippen molar-refractivity contribution in [3.8, 4) is 6.07 Å². The van der Waals surface area contributed by atoms with Crippen LogP contribution >= 0.6 is 0 Å².